The van der Waals surface area contributed by atoms with Gasteiger partial charge in [-0.25, -0.2) is 0 Å². The molecule has 2 aliphatic rings. The first-order valence-electron chi connectivity index (χ1n) is 7.12. The summed E-state index contributed by atoms with van der Waals surface area (Å²) in [4.78, 5) is 16.3. The molecule has 0 atom stereocenters. The summed E-state index contributed by atoms with van der Waals surface area (Å²) < 4.78 is 5.62. The minimum atomic E-state index is 0.284. The Labute approximate surface area is 109 Å². The Morgan fingerprint density at radius 3 is 2.50 bits per heavy atom. The maximum atomic E-state index is 12.1. The number of carbonyl (C=O) groups excluding carboxylic acids is 1. The van der Waals surface area contributed by atoms with Crippen LogP contribution in [0.1, 0.15) is 19.8 Å². The molecule has 5 nitrogen and oxygen atoms in total. The van der Waals surface area contributed by atoms with E-state index in [9.17, 15) is 4.79 Å². The Hall–Kier alpha value is -0.650. The Morgan fingerprint density at radius 1 is 1.22 bits per heavy atom. The molecule has 18 heavy (non-hydrogen) atoms. The van der Waals surface area contributed by atoms with Gasteiger partial charge in [-0.1, -0.05) is 0 Å². The van der Waals surface area contributed by atoms with E-state index >= 15 is 0 Å². The monoisotopic (exact) mass is 255 g/mol. The SMILES string of the molecule is CCOC1CCN(CC(=O)N2CCNCC2)CC1. The van der Waals surface area contributed by atoms with Crippen LogP contribution >= 0.6 is 0 Å². The van der Waals surface area contributed by atoms with E-state index in [0.29, 0.717) is 12.6 Å². The quantitative estimate of drug-likeness (QED) is 0.763. The molecule has 0 spiro atoms. The molecule has 5 heteroatoms. The summed E-state index contributed by atoms with van der Waals surface area (Å²) in [6.45, 7) is 8.97. The van der Waals surface area contributed by atoms with Crippen molar-refractivity contribution in [1.29, 1.82) is 0 Å². The maximum absolute atomic E-state index is 12.1. The Bertz CT molecular complexity index is 259. The van der Waals surface area contributed by atoms with Crippen molar-refractivity contribution in [3.05, 3.63) is 0 Å². The number of amides is 1. The number of nitrogens with zero attached hydrogens (tertiary/aromatic N) is 2. The van der Waals surface area contributed by atoms with E-state index in [1.54, 1.807) is 0 Å². The zero-order chi connectivity index (χ0) is 12.8. The minimum absolute atomic E-state index is 0.284. The van der Waals surface area contributed by atoms with Gasteiger partial charge in [0.25, 0.3) is 0 Å². The van der Waals surface area contributed by atoms with Crippen LogP contribution in [0.2, 0.25) is 0 Å². The van der Waals surface area contributed by atoms with Crippen molar-refractivity contribution in [2.24, 2.45) is 0 Å². The fourth-order valence-electron chi connectivity index (χ4n) is 2.68. The van der Waals surface area contributed by atoms with Crippen molar-refractivity contribution in [3.8, 4) is 0 Å². The summed E-state index contributed by atoms with van der Waals surface area (Å²) in [5.41, 5.74) is 0. The number of hydrogen-bond donors (Lipinski definition) is 1. The van der Waals surface area contributed by atoms with Gasteiger partial charge in [0.05, 0.1) is 12.6 Å². The molecule has 2 rings (SSSR count). The van der Waals surface area contributed by atoms with Crippen molar-refractivity contribution >= 4 is 5.91 Å². The summed E-state index contributed by atoms with van der Waals surface area (Å²) in [7, 11) is 0. The second kappa shape index (κ2) is 7.07. The summed E-state index contributed by atoms with van der Waals surface area (Å²) in [6, 6.07) is 0. The van der Waals surface area contributed by atoms with Crippen molar-refractivity contribution in [1.82, 2.24) is 15.1 Å². The van der Waals surface area contributed by atoms with Gasteiger partial charge in [-0.05, 0) is 19.8 Å². The molecular weight excluding hydrogens is 230 g/mol. The molecule has 2 heterocycles. The second-order valence-electron chi connectivity index (χ2n) is 5.06. The zero-order valence-corrected chi connectivity index (χ0v) is 11.4. The number of carbonyl (C=O) groups is 1. The molecule has 0 aliphatic carbocycles. The number of piperazine rings is 1. The first-order valence-corrected chi connectivity index (χ1v) is 7.12. The first kappa shape index (κ1) is 13.8. The highest BCUT2D eigenvalue weighted by Crippen LogP contribution is 2.13. The van der Waals surface area contributed by atoms with Crippen LogP contribution in [0.15, 0.2) is 0 Å². The molecule has 0 radical (unpaired) electrons. The van der Waals surface area contributed by atoms with Crippen LogP contribution in [-0.4, -0.2) is 74.2 Å². The number of rotatable bonds is 4. The highest BCUT2D eigenvalue weighted by molar-refractivity contribution is 5.78. The van der Waals surface area contributed by atoms with E-state index in [2.05, 4.69) is 10.2 Å². The molecule has 2 aliphatic heterocycles. The van der Waals surface area contributed by atoms with Crippen LogP contribution in [0.3, 0.4) is 0 Å². The third-order valence-electron chi connectivity index (χ3n) is 3.77. The molecule has 0 saturated carbocycles. The molecule has 1 N–H and O–H groups in total. The minimum Gasteiger partial charge on any atom is -0.378 e. The van der Waals surface area contributed by atoms with E-state index in [1.807, 2.05) is 11.8 Å². The first-order chi connectivity index (χ1) is 8.79. The van der Waals surface area contributed by atoms with Gasteiger partial charge in [-0.2, -0.15) is 0 Å². The Morgan fingerprint density at radius 2 is 1.89 bits per heavy atom. The van der Waals surface area contributed by atoms with Crippen LogP contribution < -0.4 is 5.32 Å². The van der Waals surface area contributed by atoms with E-state index in [0.717, 1.165) is 58.7 Å². The van der Waals surface area contributed by atoms with E-state index in [1.165, 1.54) is 0 Å². The lowest BCUT2D eigenvalue weighted by molar-refractivity contribution is -0.133. The van der Waals surface area contributed by atoms with Crippen LogP contribution in [-0.2, 0) is 9.53 Å². The normalized spacial score (nSPS) is 23.3. The lowest BCUT2D eigenvalue weighted by Crippen LogP contribution is -2.50. The average molecular weight is 255 g/mol. The maximum Gasteiger partial charge on any atom is 0.236 e. The largest absolute Gasteiger partial charge is 0.378 e. The van der Waals surface area contributed by atoms with Crippen LogP contribution in [0.4, 0.5) is 0 Å². The number of piperidine rings is 1. The Balaban J connectivity index is 1.68. The standard InChI is InChI=1S/C13H25N3O2/c1-2-18-12-3-7-15(8-4-12)11-13(17)16-9-5-14-6-10-16/h12,14H,2-11H2,1H3. The number of ether oxygens (including phenoxy) is 1. The molecular formula is C13H25N3O2. The topological polar surface area (TPSA) is 44.8 Å². The van der Waals surface area contributed by atoms with Gasteiger partial charge >= 0.3 is 0 Å². The number of likely N-dealkylation sites (tertiary alicyclic amines) is 1. The third kappa shape index (κ3) is 3.93. The molecule has 2 saturated heterocycles. The van der Waals surface area contributed by atoms with Crippen molar-refractivity contribution < 1.29 is 9.53 Å². The van der Waals surface area contributed by atoms with E-state index in [4.69, 9.17) is 4.74 Å². The lowest BCUT2D eigenvalue weighted by Gasteiger charge is -2.34. The fourth-order valence-corrected chi connectivity index (χ4v) is 2.68. The van der Waals surface area contributed by atoms with Crippen molar-refractivity contribution in [2.45, 2.75) is 25.9 Å². The molecule has 0 unspecified atom stereocenters. The van der Waals surface area contributed by atoms with E-state index < -0.39 is 0 Å². The highest BCUT2D eigenvalue weighted by Gasteiger charge is 2.23. The zero-order valence-electron chi connectivity index (χ0n) is 11.4. The number of nitrogens with one attached hydrogen (secondary N) is 1. The summed E-state index contributed by atoms with van der Waals surface area (Å²) >= 11 is 0. The van der Waals surface area contributed by atoms with Gasteiger partial charge in [0.2, 0.25) is 5.91 Å². The molecule has 104 valence electrons. The van der Waals surface area contributed by atoms with Gasteiger partial charge in [0.15, 0.2) is 0 Å². The second-order valence-corrected chi connectivity index (χ2v) is 5.06. The van der Waals surface area contributed by atoms with Crippen molar-refractivity contribution in [3.63, 3.8) is 0 Å². The fraction of sp³-hybridized carbons (Fsp3) is 0.923. The summed E-state index contributed by atoms with van der Waals surface area (Å²) in [6.07, 6.45) is 2.52. The highest BCUT2D eigenvalue weighted by atomic mass is 16.5. The molecule has 0 aromatic carbocycles. The lowest BCUT2D eigenvalue weighted by atomic mass is 10.1. The van der Waals surface area contributed by atoms with Gasteiger partial charge in [-0.15, -0.1) is 0 Å². The van der Waals surface area contributed by atoms with Gasteiger partial charge in [-0.3, -0.25) is 9.69 Å². The smallest absolute Gasteiger partial charge is 0.236 e. The molecule has 0 aromatic heterocycles. The van der Waals surface area contributed by atoms with Crippen LogP contribution in [0.25, 0.3) is 0 Å². The molecule has 0 aromatic rings. The van der Waals surface area contributed by atoms with Crippen LogP contribution in [0, 0.1) is 0 Å². The summed E-state index contributed by atoms with van der Waals surface area (Å²) in [5.74, 6) is 0.284. The number of hydrogen-bond acceptors (Lipinski definition) is 4. The molecule has 2 fully saturated rings. The van der Waals surface area contributed by atoms with Crippen LogP contribution in [0.5, 0.6) is 0 Å². The Kier molecular flexibility index (Phi) is 5.41. The summed E-state index contributed by atoms with van der Waals surface area (Å²) in [5, 5.41) is 3.27. The van der Waals surface area contributed by atoms with Gasteiger partial charge < -0.3 is 15.0 Å². The van der Waals surface area contributed by atoms with E-state index in [-0.39, 0.29) is 5.91 Å². The van der Waals surface area contributed by atoms with Crippen molar-refractivity contribution in [2.75, 3.05) is 52.4 Å². The predicted octanol–water partition coefficient (Wildman–Crippen LogP) is -0.0809. The molecule has 1 amide bonds. The third-order valence-corrected chi connectivity index (χ3v) is 3.77. The van der Waals surface area contributed by atoms with Gasteiger partial charge in [0, 0.05) is 45.9 Å². The molecule has 0 bridgehead atoms. The van der Waals surface area contributed by atoms with Gasteiger partial charge in [0.1, 0.15) is 0 Å². The average Bonchev–Trinajstić information content (AvgIpc) is 2.42. The predicted molar refractivity (Wildman–Crippen MR) is 70.5 cm³/mol.